The highest BCUT2D eigenvalue weighted by Gasteiger charge is 2.24. The summed E-state index contributed by atoms with van der Waals surface area (Å²) in [5.41, 5.74) is 1.17. The van der Waals surface area contributed by atoms with Crippen LogP contribution in [0.2, 0.25) is 0 Å². The second-order valence-electron chi connectivity index (χ2n) is 5.83. The number of aromatic nitrogens is 4. The molecule has 0 spiro atoms. The first kappa shape index (κ1) is 14.6. The van der Waals surface area contributed by atoms with Gasteiger partial charge in [0, 0.05) is 32.0 Å². The minimum absolute atomic E-state index is 0.529. The molecule has 1 aliphatic carbocycles. The quantitative estimate of drug-likeness (QED) is 0.643. The van der Waals surface area contributed by atoms with E-state index in [-0.39, 0.29) is 0 Å². The van der Waals surface area contributed by atoms with E-state index in [2.05, 4.69) is 38.5 Å². The Labute approximate surface area is 130 Å². The maximum atomic E-state index is 4.72. The van der Waals surface area contributed by atoms with Crippen molar-refractivity contribution in [2.75, 3.05) is 7.05 Å². The van der Waals surface area contributed by atoms with Crippen molar-refractivity contribution in [2.24, 2.45) is 12.0 Å². The predicted octanol–water partition coefficient (Wildman–Crippen LogP) is 1.19. The van der Waals surface area contributed by atoms with E-state index in [0.29, 0.717) is 12.6 Å². The monoisotopic (exact) mass is 301 g/mol. The lowest BCUT2D eigenvalue weighted by Gasteiger charge is -2.22. The van der Waals surface area contributed by atoms with Gasteiger partial charge in [0.15, 0.2) is 11.8 Å². The topological polar surface area (TPSA) is 74.1 Å². The van der Waals surface area contributed by atoms with Crippen LogP contribution in [0.5, 0.6) is 0 Å². The van der Waals surface area contributed by atoms with Gasteiger partial charge < -0.3 is 19.8 Å². The fourth-order valence-electron chi connectivity index (χ4n) is 2.22. The molecule has 0 aliphatic heterocycles. The molecule has 2 aromatic rings. The molecule has 2 aromatic heterocycles. The molecular weight excluding hydrogens is 278 g/mol. The zero-order valence-corrected chi connectivity index (χ0v) is 13.4. The van der Waals surface area contributed by atoms with Gasteiger partial charge in [-0.2, -0.15) is 0 Å². The molecule has 2 N–H and O–H groups in total. The number of aliphatic imine (C=N–C) groups is 1. The number of nitrogens with one attached hydrogen (secondary N) is 2. The zero-order valence-electron chi connectivity index (χ0n) is 13.4. The number of hydrogen-bond donors (Lipinski definition) is 2. The van der Waals surface area contributed by atoms with Crippen molar-refractivity contribution in [3.63, 3.8) is 0 Å². The molecular formula is C15H23N7. The zero-order chi connectivity index (χ0) is 15.5. The lowest BCUT2D eigenvalue weighted by atomic mass is 10.4. The second kappa shape index (κ2) is 6.21. The van der Waals surface area contributed by atoms with Gasteiger partial charge in [-0.3, -0.25) is 0 Å². The second-order valence-corrected chi connectivity index (χ2v) is 5.83. The van der Waals surface area contributed by atoms with Gasteiger partial charge in [-0.15, -0.1) is 10.2 Å². The highest BCUT2D eigenvalue weighted by Crippen LogP contribution is 2.19. The molecule has 7 nitrogen and oxygen atoms in total. The van der Waals surface area contributed by atoms with Gasteiger partial charge >= 0.3 is 0 Å². The Hall–Kier alpha value is -2.31. The maximum absolute atomic E-state index is 4.72. The van der Waals surface area contributed by atoms with Crippen LogP contribution in [0.25, 0.3) is 0 Å². The molecule has 7 heteroatoms. The molecule has 0 radical (unpaired) electrons. The molecule has 0 amide bonds. The first-order valence-corrected chi connectivity index (χ1v) is 7.62. The highest BCUT2D eigenvalue weighted by atomic mass is 15.3. The summed E-state index contributed by atoms with van der Waals surface area (Å²) < 4.78 is 1.98. The fraction of sp³-hybridized carbons (Fsp3) is 0.533. The molecule has 0 bridgehead atoms. The van der Waals surface area contributed by atoms with Crippen LogP contribution >= 0.6 is 0 Å². The van der Waals surface area contributed by atoms with Gasteiger partial charge in [-0.05, 0) is 31.9 Å². The van der Waals surface area contributed by atoms with Gasteiger partial charge in [0.25, 0.3) is 0 Å². The third kappa shape index (κ3) is 3.47. The summed E-state index contributed by atoms with van der Waals surface area (Å²) in [6, 6.07) is 4.65. The molecule has 118 valence electrons. The van der Waals surface area contributed by atoms with Crippen LogP contribution in [0, 0.1) is 6.92 Å². The van der Waals surface area contributed by atoms with E-state index in [9.17, 15) is 0 Å². The van der Waals surface area contributed by atoms with Crippen LogP contribution in [0.15, 0.2) is 23.3 Å². The van der Waals surface area contributed by atoms with Crippen LogP contribution < -0.4 is 5.32 Å². The summed E-state index contributed by atoms with van der Waals surface area (Å²) in [6.07, 6.45) is 4.38. The Kier molecular flexibility index (Phi) is 4.13. The Morgan fingerprint density at radius 3 is 2.91 bits per heavy atom. The van der Waals surface area contributed by atoms with Crippen molar-refractivity contribution >= 4 is 5.96 Å². The van der Waals surface area contributed by atoms with Crippen molar-refractivity contribution in [1.82, 2.24) is 30.0 Å². The van der Waals surface area contributed by atoms with Gasteiger partial charge in [0.2, 0.25) is 0 Å². The number of rotatable bonds is 5. The molecule has 2 heterocycles. The van der Waals surface area contributed by atoms with Gasteiger partial charge in [0.1, 0.15) is 12.4 Å². The minimum atomic E-state index is 0.529. The summed E-state index contributed by atoms with van der Waals surface area (Å²) in [7, 11) is 4.02. The molecule has 0 unspecified atom stereocenters. The summed E-state index contributed by atoms with van der Waals surface area (Å²) >= 11 is 0. The average Bonchev–Trinajstić information content (AvgIpc) is 3.08. The van der Waals surface area contributed by atoms with Crippen molar-refractivity contribution in [3.05, 3.63) is 35.7 Å². The third-order valence-electron chi connectivity index (χ3n) is 3.90. The number of aromatic amines is 1. The van der Waals surface area contributed by atoms with E-state index in [1.54, 1.807) is 0 Å². The van der Waals surface area contributed by atoms with E-state index in [1.165, 1.54) is 18.5 Å². The van der Waals surface area contributed by atoms with E-state index >= 15 is 0 Å². The number of nitrogens with zero attached hydrogens (tertiary/aromatic N) is 5. The summed E-state index contributed by atoms with van der Waals surface area (Å²) in [4.78, 5) is 10.1. The molecule has 1 fully saturated rings. The Morgan fingerprint density at radius 2 is 2.32 bits per heavy atom. The highest BCUT2D eigenvalue weighted by molar-refractivity contribution is 5.80. The van der Waals surface area contributed by atoms with Crippen molar-refractivity contribution in [2.45, 2.75) is 38.9 Å². The molecule has 1 aliphatic rings. The maximum Gasteiger partial charge on any atom is 0.194 e. The Morgan fingerprint density at radius 1 is 1.50 bits per heavy atom. The van der Waals surface area contributed by atoms with Crippen molar-refractivity contribution < 1.29 is 0 Å². The molecule has 1 saturated carbocycles. The van der Waals surface area contributed by atoms with Crippen LogP contribution in [0.4, 0.5) is 0 Å². The first-order chi connectivity index (χ1) is 10.6. The van der Waals surface area contributed by atoms with Crippen LogP contribution in [-0.2, 0) is 20.1 Å². The molecule has 3 rings (SSSR count). The van der Waals surface area contributed by atoms with Crippen molar-refractivity contribution in [3.8, 4) is 0 Å². The molecule has 0 atom stereocenters. The van der Waals surface area contributed by atoms with Crippen LogP contribution in [-0.4, -0.2) is 43.7 Å². The standard InChI is InChI=1S/C15H23N7/c1-11-19-20-14(22(11)3)9-17-15(18-12-6-7-12)21(2)10-13-5-4-8-16-13/h4-5,8,12,16H,6-7,9-10H2,1-3H3,(H,17,18). The van der Waals surface area contributed by atoms with Gasteiger partial charge in [0.05, 0.1) is 6.54 Å². The van der Waals surface area contributed by atoms with Gasteiger partial charge in [-0.25, -0.2) is 4.99 Å². The smallest absolute Gasteiger partial charge is 0.194 e. The van der Waals surface area contributed by atoms with Gasteiger partial charge in [-0.1, -0.05) is 0 Å². The Bertz CT molecular complexity index is 637. The van der Waals surface area contributed by atoms with E-state index in [1.807, 2.05) is 30.8 Å². The summed E-state index contributed by atoms with van der Waals surface area (Å²) in [6.45, 7) is 3.27. The van der Waals surface area contributed by atoms with E-state index in [0.717, 1.165) is 24.2 Å². The summed E-state index contributed by atoms with van der Waals surface area (Å²) in [5.74, 6) is 2.69. The number of aryl methyl sites for hydroxylation is 1. The average molecular weight is 301 g/mol. The number of hydrogen-bond acceptors (Lipinski definition) is 3. The van der Waals surface area contributed by atoms with E-state index in [4.69, 9.17) is 4.99 Å². The number of guanidine groups is 1. The largest absolute Gasteiger partial charge is 0.364 e. The minimum Gasteiger partial charge on any atom is -0.364 e. The van der Waals surface area contributed by atoms with Crippen molar-refractivity contribution in [1.29, 1.82) is 0 Å². The lowest BCUT2D eigenvalue weighted by molar-refractivity contribution is 0.467. The first-order valence-electron chi connectivity index (χ1n) is 7.62. The predicted molar refractivity (Wildman–Crippen MR) is 85.3 cm³/mol. The third-order valence-corrected chi connectivity index (χ3v) is 3.90. The number of H-pyrrole nitrogens is 1. The molecule has 0 aromatic carbocycles. The molecule has 0 saturated heterocycles. The lowest BCUT2D eigenvalue weighted by Crippen LogP contribution is -2.39. The fourth-order valence-corrected chi connectivity index (χ4v) is 2.22. The Balaban J connectivity index is 1.70. The summed E-state index contributed by atoms with van der Waals surface area (Å²) in [5, 5.41) is 11.8. The van der Waals surface area contributed by atoms with Crippen LogP contribution in [0.3, 0.4) is 0 Å². The normalized spacial score (nSPS) is 15.1. The van der Waals surface area contributed by atoms with Crippen LogP contribution in [0.1, 0.15) is 30.2 Å². The SMILES string of the molecule is Cc1nnc(CN=C(NC2CC2)N(C)Cc2ccc[nH]2)n1C. The molecule has 22 heavy (non-hydrogen) atoms. The van der Waals surface area contributed by atoms with E-state index < -0.39 is 0 Å².